The van der Waals surface area contributed by atoms with Crippen LogP contribution in [0.1, 0.15) is 535 Å². The van der Waals surface area contributed by atoms with Gasteiger partial charge < -0.3 is 33.8 Å². The first-order valence-electron chi connectivity index (χ1n) is 50.2. The normalized spacial score (nSPS) is 13.8. The third-order valence-corrected chi connectivity index (χ3v) is 25.3. The van der Waals surface area contributed by atoms with E-state index in [0.29, 0.717) is 25.7 Å². The van der Waals surface area contributed by atoms with Crippen molar-refractivity contribution in [3.05, 3.63) is 0 Å². The SMILES string of the molecule is CCCCCCCCCCCCCCCCCCCCCCCCC(=O)OC[C@H](COP(=O)(O)OC[C@@H](O)COP(=O)(O)OC[C@@H](COC(=O)CCCCCCCCCCC(C)CC)OC(=O)CCCCCCCCCCCCCCCCCCCCCC)OC(=O)CCCCCCCCCCCCCCCCCCCCCCCC. The summed E-state index contributed by atoms with van der Waals surface area (Å²) in [6.45, 7) is 7.43. The van der Waals surface area contributed by atoms with E-state index in [2.05, 4.69) is 34.6 Å². The van der Waals surface area contributed by atoms with Crippen molar-refractivity contribution in [1.82, 2.24) is 0 Å². The van der Waals surface area contributed by atoms with Crippen LogP contribution in [-0.2, 0) is 65.4 Å². The maximum Gasteiger partial charge on any atom is 0.472 e. The molecular weight excluding hydrogens is 1500 g/mol. The second-order valence-corrected chi connectivity index (χ2v) is 38.0. The third kappa shape index (κ3) is 88.4. The van der Waals surface area contributed by atoms with Gasteiger partial charge in [0.15, 0.2) is 12.2 Å². The molecule has 0 aliphatic heterocycles. The number of rotatable bonds is 97. The number of carbonyl (C=O) groups excluding carboxylic acids is 4. The van der Waals surface area contributed by atoms with Gasteiger partial charge >= 0.3 is 39.5 Å². The van der Waals surface area contributed by atoms with Gasteiger partial charge in [0.1, 0.15) is 19.3 Å². The second kappa shape index (κ2) is 89.3. The van der Waals surface area contributed by atoms with Crippen LogP contribution in [0.5, 0.6) is 0 Å². The molecule has 0 bridgehead atoms. The minimum atomic E-state index is -4.97. The van der Waals surface area contributed by atoms with Gasteiger partial charge in [-0.15, -0.1) is 0 Å². The highest BCUT2D eigenvalue weighted by molar-refractivity contribution is 7.47. The Balaban J connectivity index is 5.23. The van der Waals surface area contributed by atoms with E-state index < -0.39 is 97.5 Å². The van der Waals surface area contributed by atoms with Crippen molar-refractivity contribution in [3.8, 4) is 0 Å². The highest BCUT2D eigenvalue weighted by atomic mass is 31.2. The summed E-state index contributed by atoms with van der Waals surface area (Å²) in [5.74, 6) is -1.31. The van der Waals surface area contributed by atoms with E-state index in [1.165, 1.54) is 360 Å². The summed E-state index contributed by atoms with van der Waals surface area (Å²) in [4.78, 5) is 73.6. The number of phosphoric acid groups is 2. The van der Waals surface area contributed by atoms with E-state index in [1.807, 2.05) is 0 Å². The second-order valence-electron chi connectivity index (χ2n) is 35.1. The molecule has 0 aromatic carbocycles. The van der Waals surface area contributed by atoms with Crippen LogP contribution in [0.25, 0.3) is 0 Å². The maximum absolute atomic E-state index is 13.2. The molecule has 0 aliphatic rings. The summed E-state index contributed by atoms with van der Waals surface area (Å²) < 4.78 is 69.3. The van der Waals surface area contributed by atoms with Gasteiger partial charge in [-0.25, -0.2) is 9.13 Å². The van der Waals surface area contributed by atoms with Crippen molar-refractivity contribution >= 4 is 39.5 Å². The van der Waals surface area contributed by atoms with Gasteiger partial charge in [0.25, 0.3) is 0 Å². The van der Waals surface area contributed by atoms with Gasteiger partial charge in [0, 0.05) is 25.7 Å². The summed E-state index contributed by atoms with van der Waals surface area (Å²) in [7, 11) is -9.94. The number of aliphatic hydroxyl groups excluding tert-OH is 1. The number of carbonyl (C=O) groups is 4. The topological polar surface area (TPSA) is 237 Å². The molecular formula is C97H190O17P2. The lowest BCUT2D eigenvalue weighted by Crippen LogP contribution is -2.30. The van der Waals surface area contributed by atoms with Crippen LogP contribution >= 0.6 is 15.6 Å². The minimum Gasteiger partial charge on any atom is -0.462 e. The van der Waals surface area contributed by atoms with E-state index >= 15 is 0 Å². The molecule has 19 heteroatoms. The zero-order chi connectivity index (χ0) is 84.7. The number of hydrogen-bond donors (Lipinski definition) is 3. The Morgan fingerprint density at radius 3 is 0.612 bits per heavy atom. The molecule has 0 rings (SSSR count). The maximum atomic E-state index is 13.2. The van der Waals surface area contributed by atoms with Crippen LogP contribution in [0.3, 0.4) is 0 Å². The minimum absolute atomic E-state index is 0.109. The number of esters is 4. The Morgan fingerprint density at radius 2 is 0.414 bits per heavy atom. The van der Waals surface area contributed by atoms with Crippen molar-refractivity contribution < 1.29 is 80.2 Å². The number of phosphoric ester groups is 2. The van der Waals surface area contributed by atoms with E-state index in [1.54, 1.807) is 0 Å². The van der Waals surface area contributed by atoms with E-state index in [4.69, 9.17) is 37.0 Å². The smallest absolute Gasteiger partial charge is 0.462 e. The fourth-order valence-electron chi connectivity index (χ4n) is 15.4. The Bertz CT molecular complexity index is 2190. The predicted molar refractivity (Wildman–Crippen MR) is 483 cm³/mol. The zero-order valence-electron chi connectivity index (χ0n) is 76.7. The fourth-order valence-corrected chi connectivity index (χ4v) is 17.0. The lowest BCUT2D eigenvalue weighted by atomic mass is 9.99. The molecule has 0 heterocycles. The van der Waals surface area contributed by atoms with Crippen LogP contribution < -0.4 is 0 Å². The molecule has 6 atom stereocenters. The van der Waals surface area contributed by atoms with Crippen LogP contribution in [-0.4, -0.2) is 96.7 Å². The molecule has 0 saturated carbocycles. The molecule has 0 radical (unpaired) electrons. The van der Waals surface area contributed by atoms with Gasteiger partial charge in [0.2, 0.25) is 0 Å². The molecule has 3 unspecified atom stereocenters. The summed E-state index contributed by atoms with van der Waals surface area (Å²) in [6, 6.07) is 0. The van der Waals surface area contributed by atoms with Gasteiger partial charge in [-0.05, 0) is 31.6 Å². The molecule has 0 fully saturated rings. The van der Waals surface area contributed by atoms with E-state index in [0.717, 1.165) is 95.8 Å². The Labute approximate surface area is 715 Å². The summed E-state index contributed by atoms with van der Waals surface area (Å²) in [6.07, 6.45) is 87.8. The molecule has 0 aliphatic carbocycles. The quantitative estimate of drug-likeness (QED) is 0.0222. The first-order chi connectivity index (χ1) is 56.6. The highest BCUT2D eigenvalue weighted by Gasteiger charge is 2.31. The largest absolute Gasteiger partial charge is 0.472 e. The molecule has 116 heavy (non-hydrogen) atoms. The van der Waals surface area contributed by atoms with Gasteiger partial charge in [-0.3, -0.25) is 37.3 Å². The molecule has 17 nitrogen and oxygen atoms in total. The average Bonchev–Trinajstić information content (AvgIpc) is 0.894. The van der Waals surface area contributed by atoms with Crippen molar-refractivity contribution in [2.45, 2.75) is 554 Å². The molecule has 0 aromatic heterocycles. The molecule has 0 spiro atoms. The fraction of sp³-hybridized carbons (Fsp3) is 0.959. The number of aliphatic hydroxyl groups is 1. The molecule has 0 aromatic rings. The predicted octanol–water partition coefficient (Wildman–Crippen LogP) is 30.7. The van der Waals surface area contributed by atoms with Crippen molar-refractivity contribution in [3.63, 3.8) is 0 Å². The van der Waals surface area contributed by atoms with Crippen LogP contribution in [0, 0.1) is 5.92 Å². The summed E-state index contributed by atoms with van der Waals surface area (Å²) in [5.41, 5.74) is 0. The van der Waals surface area contributed by atoms with Crippen LogP contribution in [0.4, 0.5) is 0 Å². The Hall–Kier alpha value is -1.94. The van der Waals surface area contributed by atoms with E-state index in [9.17, 15) is 43.2 Å². The lowest BCUT2D eigenvalue weighted by Gasteiger charge is -2.21. The number of hydrogen-bond acceptors (Lipinski definition) is 15. The van der Waals surface area contributed by atoms with Crippen molar-refractivity contribution in [2.24, 2.45) is 5.92 Å². The van der Waals surface area contributed by atoms with Crippen LogP contribution in [0.15, 0.2) is 0 Å². The Morgan fingerprint density at radius 1 is 0.241 bits per heavy atom. The van der Waals surface area contributed by atoms with Crippen LogP contribution in [0.2, 0.25) is 0 Å². The first kappa shape index (κ1) is 114. The summed E-state index contributed by atoms with van der Waals surface area (Å²) >= 11 is 0. The number of ether oxygens (including phenoxy) is 4. The lowest BCUT2D eigenvalue weighted by molar-refractivity contribution is -0.161. The monoisotopic (exact) mass is 1690 g/mol. The van der Waals surface area contributed by atoms with Gasteiger partial charge in [-0.1, -0.05) is 484 Å². The van der Waals surface area contributed by atoms with Gasteiger partial charge in [-0.2, -0.15) is 0 Å². The van der Waals surface area contributed by atoms with Crippen molar-refractivity contribution in [1.29, 1.82) is 0 Å². The zero-order valence-corrected chi connectivity index (χ0v) is 78.4. The number of unbranched alkanes of at least 4 members (excludes halogenated alkanes) is 68. The van der Waals surface area contributed by atoms with E-state index in [-0.39, 0.29) is 25.7 Å². The highest BCUT2D eigenvalue weighted by Crippen LogP contribution is 2.45. The third-order valence-electron chi connectivity index (χ3n) is 23.4. The molecule has 690 valence electrons. The average molecular weight is 1690 g/mol. The first-order valence-corrected chi connectivity index (χ1v) is 53.2. The molecule has 0 amide bonds. The standard InChI is InChI=1S/C97H190O17P2/c1-6-10-13-16-19-22-25-28-31-34-37-40-42-45-47-50-53-56-59-65-70-75-80-94(99)107-86-92(113-96(101)82-77-73-68-61-58-55-52-49-46-43-41-38-35-32-29-26-23-20-17-14-11-7-2)88-111-115(103,104)109-84-91(98)85-110-116(105,106)112-89-93(87-108-95(100)81-76-71-66-63-62-64-69-74-79-90(5)9-4)114-97(102)83-78-72-67-60-57-54-51-48-44-39-36-33-30-27-24-21-18-15-12-8-3/h90-93,98H,6-89H2,1-5H3,(H,103,104)(H,105,106)/t90?,91-,92-,93-/m1/s1. The summed E-state index contributed by atoms with van der Waals surface area (Å²) in [5, 5.41) is 10.7. The molecule has 0 saturated heterocycles. The van der Waals surface area contributed by atoms with Crippen molar-refractivity contribution in [2.75, 3.05) is 39.6 Å². The Kier molecular flexibility index (Phi) is 87.8. The van der Waals surface area contributed by atoms with Gasteiger partial charge in [0.05, 0.1) is 26.4 Å². The molecule has 3 N–H and O–H groups in total.